The van der Waals surface area contributed by atoms with E-state index in [1.54, 1.807) is 0 Å². The average molecular weight is 324 g/mol. The smallest absolute Gasteiger partial charge is 0.662 e. The normalized spacial score (nSPS) is 14.5. The molecular weight excluding hydrogens is 296 g/mol. The van der Waals surface area contributed by atoms with Crippen LogP contribution in [0.15, 0.2) is 12.4 Å². The molecule has 4 heteroatoms. The third-order valence-electron chi connectivity index (χ3n) is 2.68. The first-order valence-electron chi connectivity index (χ1n) is 7.06. The van der Waals surface area contributed by atoms with Crippen LogP contribution < -0.4 is 58.2 Å². The molecule has 0 N–H and O–H groups in total. The predicted molar refractivity (Wildman–Crippen MR) is 75.7 cm³/mol. The standard InChI is InChI=1S/C10H16N3.2C2H6.Rb/c1-2-9-7-12-13(8-9)10-3-5-11-6-4-10;2*1-2;/h7-8,10H,2-6H2,1H3;2*1-2H3;/q-1;;;+1. The van der Waals surface area contributed by atoms with Crippen molar-refractivity contribution in [3.05, 3.63) is 23.3 Å². The maximum absolute atomic E-state index is 4.39. The number of piperidine rings is 1. The molecule has 1 saturated heterocycles. The summed E-state index contributed by atoms with van der Waals surface area (Å²) in [5, 5.41) is 8.72. The topological polar surface area (TPSA) is 31.9 Å². The number of hydrogen-bond donors (Lipinski definition) is 0. The Morgan fingerprint density at radius 1 is 1.22 bits per heavy atom. The monoisotopic (exact) mass is 323 g/mol. The van der Waals surface area contributed by atoms with Crippen LogP contribution >= 0.6 is 0 Å². The summed E-state index contributed by atoms with van der Waals surface area (Å²) in [6.07, 6.45) is 7.55. The van der Waals surface area contributed by atoms with Crippen molar-refractivity contribution in [3.8, 4) is 0 Å². The fraction of sp³-hybridized carbons (Fsp3) is 0.786. The molecule has 100 valence electrons. The van der Waals surface area contributed by atoms with Gasteiger partial charge in [-0.15, -0.1) is 13.1 Å². The molecule has 0 amide bonds. The van der Waals surface area contributed by atoms with Crippen LogP contribution in [0.1, 0.15) is 59.1 Å². The van der Waals surface area contributed by atoms with E-state index >= 15 is 0 Å². The van der Waals surface area contributed by atoms with Gasteiger partial charge in [0.15, 0.2) is 0 Å². The molecule has 0 atom stereocenters. The zero-order valence-corrected chi connectivity index (χ0v) is 18.0. The quantitative estimate of drug-likeness (QED) is 0.805. The molecule has 0 aromatic carbocycles. The Bertz CT molecular complexity index is 268. The van der Waals surface area contributed by atoms with Crippen molar-refractivity contribution < 1.29 is 58.2 Å². The third kappa shape index (κ3) is 7.54. The van der Waals surface area contributed by atoms with E-state index in [-0.39, 0.29) is 58.2 Å². The third-order valence-corrected chi connectivity index (χ3v) is 2.68. The second kappa shape index (κ2) is 14.4. The van der Waals surface area contributed by atoms with Crippen LogP contribution in [0.25, 0.3) is 5.32 Å². The van der Waals surface area contributed by atoms with Gasteiger partial charge >= 0.3 is 58.2 Å². The summed E-state index contributed by atoms with van der Waals surface area (Å²) in [7, 11) is 0. The molecule has 1 aliphatic heterocycles. The van der Waals surface area contributed by atoms with E-state index in [2.05, 4.69) is 28.2 Å². The summed E-state index contributed by atoms with van der Waals surface area (Å²) in [6.45, 7) is 12.2. The van der Waals surface area contributed by atoms with E-state index in [1.165, 1.54) is 5.56 Å². The Balaban J connectivity index is 0. The molecule has 1 aromatic rings. The fourth-order valence-electron chi connectivity index (χ4n) is 1.76. The minimum Gasteiger partial charge on any atom is -0.662 e. The minimum atomic E-state index is 0. The minimum absolute atomic E-state index is 0. The van der Waals surface area contributed by atoms with Crippen molar-refractivity contribution in [1.29, 1.82) is 0 Å². The maximum Gasteiger partial charge on any atom is 1.00 e. The van der Waals surface area contributed by atoms with Crippen LogP contribution in [0.5, 0.6) is 0 Å². The zero-order chi connectivity index (χ0) is 13.1. The van der Waals surface area contributed by atoms with Gasteiger partial charge in [0.2, 0.25) is 0 Å². The maximum atomic E-state index is 4.39. The van der Waals surface area contributed by atoms with Crippen molar-refractivity contribution in [2.75, 3.05) is 13.1 Å². The van der Waals surface area contributed by atoms with Crippen LogP contribution in [0.4, 0.5) is 0 Å². The van der Waals surface area contributed by atoms with Gasteiger partial charge in [0, 0.05) is 12.2 Å². The van der Waals surface area contributed by atoms with Gasteiger partial charge in [-0.2, -0.15) is 5.10 Å². The van der Waals surface area contributed by atoms with Crippen LogP contribution in [-0.4, -0.2) is 22.9 Å². The molecule has 1 aromatic heterocycles. The Labute approximate surface area is 162 Å². The summed E-state index contributed by atoms with van der Waals surface area (Å²) in [5.41, 5.74) is 1.34. The second-order valence-electron chi connectivity index (χ2n) is 3.58. The molecule has 18 heavy (non-hydrogen) atoms. The van der Waals surface area contributed by atoms with Crippen molar-refractivity contribution in [3.63, 3.8) is 0 Å². The predicted octanol–water partition coefficient (Wildman–Crippen LogP) is 1.21. The van der Waals surface area contributed by atoms with Crippen LogP contribution in [-0.2, 0) is 6.42 Å². The molecule has 1 aliphatic rings. The molecule has 0 aliphatic carbocycles. The molecule has 0 unspecified atom stereocenters. The van der Waals surface area contributed by atoms with Gasteiger partial charge in [-0.3, -0.25) is 4.68 Å². The second-order valence-corrected chi connectivity index (χ2v) is 3.58. The van der Waals surface area contributed by atoms with Gasteiger partial charge in [0.05, 0.1) is 6.20 Å². The molecule has 3 nitrogen and oxygen atoms in total. The number of hydrogen-bond acceptors (Lipinski definition) is 1. The number of aryl methyl sites for hydroxylation is 1. The van der Waals surface area contributed by atoms with E-state index in [4.69, 9.17) is 0 Å². The first-order valence-corrected chi connectivity index (χ1v) is 7.06. The van der Waals surface area contributed by atoms with Gasteiger partial charge < -0.3 is 5.32 Å². The van der Waals surface area contributed by atoms with Crippen LogP contribution in [0.3, 0.4) is 0 Å². The van der Waals surface area contributed by atoms with E-state index in [9.17, 15) is 0 Å². The van der Waals surface area contributed by atoms with Gasteiger partial charge in [0.1, 0.15) is 0 Å². The summed E-state index contributed by atoms with van der Waals surface area (Å²) < 4.78 is 2.12. The Morgan fingerprint density at radius 3 is 2.22 bits per heavy atom. The summed E-state index contributed by atoms with van der Waals surface area (Å²) >= 11 is 0. The van der Waals surface area contributed by atoms with Crippen LogP contribution in [0.2, 0.25) is 0 Å². The molecule has 2 rings (SSSR count). The molecule has 2 heterocycles. The molecular formula is C14H28N3Rb. The summed E-state index contributed by atoms with van der Waals surface area (Å²) in [5.74, 6) is 0. The van der Waals surface area contributed by atoms with E-state index in [1.807, 2.05) is 33.9 Å². The Kier molecular flexibility index (Phi) is 17.0. The van der Waals surface area contributed by atoms with Crippen molar-refractivity contribution in [2.24, 2.45) is 0 Å². The molecule has 0 saturated carbocycles. The zero-order valence-electron chi connectivity index (χ0n) is 13.1. The number of rotatable bonds is 2. The first-order chi connectivity index (χ1) is 8.40. The van der Waals surface area contributed by atoms with Crippen molar-refractivity contribution >= 4 is 0 Å². The van der Waals surface area contributed by atoms with Gasteiger partial charge in [0.25, 0.3) is 0 Å². The Morgan fingerprint density at radius 2 is 1.78 bits per heavy atom. The average Bonchev–Trinajstić information content (AvgIpc) is 2.93. The van der Waals surface area contributed by atoms with Crippen LogP contribution in [0, 0.1) is 0 Å². The molecule has 0 radical (unpaired) electrons. The van der Waals surface area contributed by atoms with Gasteiger partial charge in [-0.1, -0.05) is 34.6 Å². The largest absolute Gasteiger partial charge is 1.00 e. The molecule has 0 spiro atoms. The van der Waals surface area contributed by atoms with E-state index in [0.29, 0.717) is 6.04 Å². The van der Waals surface area contributed by atoms with E-state index in [0.717, 1.165) is 32.4 Å². The fourth-order valence-corrected chi connectivity index (χ4v) is 1.76. The van der Waals surface area contributed by atoms with Crippen molar-refractivity contribution in [1.82, 2.24) is 9.78 Å². The summed E-state index contributed by atoms with van der Waals surface area (Å²) in [6, 6.07) is 0.595. The SMILES string of the molecule is CC.CC.CCc1cnn(C2CC[N-]CC2)c1.[Rb+]. The summed E-state index contributed by atoms with van der Waals surface area (Å²) in [4.78, 5) is 0. The number of aromatic nitrogens is 2. The van der Waals surface area contributed by atoms with Gasteiger partial charge in [-0.05, 0) is 24.8 Å². The first kappa shape index (κ1) is 21.3. The Hall–Kier alpha value is 0.975. The van der Waals surface area contributed by atoms with Crippen molar-refractivity contribution in [2.45, 2.75) is 59.9 Å². The number of nitrogens with zero attached hydrogens (tertiary/aromatic N) is 3. The molecule has 1 fully saturated rings. The van der Waals surface area contributed by atoms with Gasteiger partial charge in [-0.25, -0.2) is 0 Å². The molecule has 0 bridgehead atoms. The van der Waals surface area contributed by atoms with E-state index < -0.39 is 0 Å².